The van der Waals surface area contributed by atoms with E-state index in [1.54, 1.807) is 0 Å². The number of benzene rings is 1. The van der Waals surface area contributed by atoms with E-state index in [0.717, 1.165) is 28.2 Å². The highest BCUT2D eigenvalue weighted by Gasteiger charge is 2.06. The molecule has 0 radical (unpaired) electrons. The summed E-state index contributed by atoms with van der Waals surface area (Å²) < 4.78 is 0.944. The van der Waals surface area contributed by atoms with Crippen molar-refractivity contribution in [2.24, 2.45) is 11.7 Å². The number of hydrogen-bond acceptors (Lipinski definition) is 2. The first-order valence-corrected chi connectivity index (χ1v) is 7.11. The lowest BCUT2D eigenvalue weighted by Gasteiger charge is -2.15. The monoisotopic (exact) mass is 314 g/mol. The molecule has 0 bridgehead atoms. The second-order valence-corrected chi connectivity index (χ2v) is 5.42. The van der Waals surface area contributed by atoms with E-state index >= 15 is 0 Å². The summed E-state index contributed by atoms with van der Waals surface area (Å²) in [5.41, 5.74) is 7.59. The molecule has 0 aliphatic heterocycles. The van der Waals surface area contributed by atoms with Gasteiger partial charge in [-0.05, 0) is 40.0 Å². The van der Waals surface area contributed by atoms with Crippen LogP contribution in [0.1, 0.15) is 32.3 Å². The molecule has 0 saturated heterocycles. The number of anilines is 1. The molecular weight excluding hydrogens is 296 g/mol. The highest BCUT2D eigenvalue weighted by atomic mass is 79.9. The fraction of sp³-hybridized carbons (Fsp3) is 0.462. The first-order chi connectivity index (χ1) is 8.08. The van der Waals surface area contributed by atoms with Gasteiger partial charge in [0.05, 0.1) is 0 Å². The third-order valence-corrected chi connectivity index (χ3v) is 3.86. The maximum atomic E-state index is 5.61. The van der Waals surface area contributed by atoms with Gasteiger partial charge in [0.15, 0.2) is 0 Å². The van der Waals surface area contributed by atoms with Crippen molar-refractivity contribution in [3.8, 4) is 0 Å². The van der Waals surface area contributed by atoms with Crippen molar-refractivity contribution >= 4 is 38.8 Å². The van der Waals surface area contributed by atoms with Crippen LogP contribution in [0.15, 0.2) is 22.7 Å². The van der Waals surface area contributed by atoms with E-state index in [4.69, 9.17) is 18.0 Å². The Morgan fingerprint density at radius 2 is 2.06 bits per heavy atom. The molecule has 0 aromatic heterocycles. The van der Waals surface area contributed by atoms with Crippen LogP contribution in [0.2, 0.25) is 0 Å². The topological polar surface area (TPSA) is 38.0 Å². The molecule has 0 fully saturated rings. The van der Waals surface area contributed by atoms with Gasteiger partial charge in [-0.25, -0.2) is 0 Å². The van der Waals surface area contributed by atoms with Crippen LogP contribution in [0.25, 0.3) is 0 Å². The Bertz CT molecular complexity index is 389. The summed E-state index contributed by atoms with van der Waals surface area (Å²) in [4.78, 5) is 0.420. The molecule has 0 spiro atoms. The predicted octanol–water partition coefficient (Wildman–Crippen LogP) is 3.93. The minimum Gasteiger partial charge on any atom is -0.389 e. The quantitative estimate of drug-likeness (QED) is 0.781. The normalized spacial score (nSPS) is 10.6. The zero-order valence-corrected chi connectivity index (χ0v) is 12.7. The largest absolute Gasteiger partial charge is 0.389 e. The van der Waals surface area contributed by atoms with E-state index in [2.05, 4.69) is 35.1 Å². The fourth-order valence-electron chi connectivity index (χ4n) is 1.66. The predicted molar refractivity (Wildman–Crippen MR) is 82.6 cm³/mol. The number of thiocarbonyl (C=S) groups is 1. The van der Waals surface area contributed by atoms with Crippen LogP contribution in [-0.4, -0.2) is 11.5 Å². The Balaban J connectivity index is 2.67. The second-order valence-electron chi connectivity index (χ2n) is 4.12. The lowest BCUT2D eigenvalue weighted by Crippen LogP contribution is -2.13. The average molecular weight is 315 g/mol. The van der Waals surface area contributed by atoms with Crippen LogP contribution < -0.4 is 11.1 Å². The number of nitrogens with one attached hydrogen (secondary N) is 1. The summed E-state index contributed by atoms with van der Waals surface area (Å²) in [5.74, 6) is 0.726. The van der Waals surface area contributed by atoms with Crippen molar-refractivity contribution in [3.05, 3.63) is 28.2 Å². The van der Waals surface area contributed by atoms with Gasteiger partial charge in [0, 0.05) is 22.3 Å². The molecule has 0 heterocycles. The molecule has 0 unspecified atom stereocenters. The van der Waals surface area contributed by atoms with Gasteiger partial charge < -0.3 is 11.1 Å². The van der Waals surface area contributed by atoms with E-state index in [0.29, 0.717) is 4.99 Å². The molecule has 2 nitrogen and oxygen atoms in total. The van der Waals surface area contributed by atoms with Crippen LogP contribution in [0.5, 0.6) is 0 Å². The standard InChI is InChI=1S/C13H19BrN2S/c1-3-9(4-2)8-16-10-5-6-11(13(15)17)12(14)7-10/h5-7,9,16H,3-4,8H2,1-2H3,(H2,15,17). The molecule has 0 saturated carbocycles. The number of nitrogens with two attached hydrogens (primary N) is 1. The van der Waals surface area contributed by atoms with Crippen molar-refractivity contribution in [2.45, 2.75) is 26.7 Å². The van der Waals surface area contributed by atoms with Gasteiger partial charge >= 0.3 is 0 Å². The summed E-state index contributed by atoms with van der Waals surface area (Å²) in [7, 11) is 0. The zero-order valence-electron chi connectivity index (χ0n) is 10.3. The zero-order chi connectivity index (χ0) is 12.8. The van der Waals surface area contributed by atoms with Crippen LogP contribution in [0.4, 0.5) is 5.69 Å². The fourth-order valence-corrected chi connectivity index (χ4v) is 2.57. The minimum atomic E-state index is 0.420. The summed E-state index contributed by atoms with van der Waals surface area (Å²) in [6, 6.07) is 5.99. The van der Waals surface area contributed by atoms with Gasteiger partial charge in [-0.1, -0.05) is 38.9 Å². The van der Waals surface area contributed by atoms with Crippen molar-refractivity contribution in [1.29, 1.82) is 0 Å². The van der Waals surface area contributed by atoms with E-state index in [9.17, 15) is 0 Å². The Morgan fingerprint density at radius 1 is 1.41 bits per heavy atom. The van der Waals surface area contributed by atoms with Gasteiger partial charge in [-0.15, -0.1) is 0 Å². The lowest BCUT2D eigenvalue weighted by molar-refractivity contribution is 0.519. The van der Waals surface area contributed by atoms with Gasteiger partial charge in [-0.2, -0.15) is 0 Å². The highest BCUT2D eigenvalue weighted by molar-refractivity contribution is 9.10. The first kappa shape index (κ1) is 14.5. The smallest absolute Gasteiger partial charge is 0.105 e. The molecule has 0 aliphatic carbocycles. The molecule has 3 N–H and O–H groups in total. The minimum absolute atomic E-state index is 0.420. The third-order valence-electron chi connectivity index (χ3n) is 2.98. The van der Waals surface area contributed by atoms with Gasteiger partial charge in [-0.3, -0.25) is 0 Å². The molecule has 0 aliphatic rings. The summed E-state index contributed by atoms with van der Waals surface area (Å²) in [5, 5.41) is 3.44. The lowest BCUT2D eigenvalue weighted by atomic mass is 10.0. The average Bonchev–Trinajstić information content (AvgIpc) is 2.30. The molecule has 0 atom stereocenters. The van der Waals surface area contributed by atoms with E-state index < -0.39 is 0 Å². The van der Waals surface area contributed by atoms with Crippen LogP contribution in [0, 0.1) is 5.92 Å². The van der Waals surface area contributed by atoms with Gasteiger partial charge in [0.25, 0.3) is 0 Å². The third kappa shape index (κ3) is 4.28. The molecular formula is C13H19BrN2S. The van der Waals surface area contributed by atoms with Crippen molar-refractivity contribution in [2.75, 3.05) is 11.9 Å². The summed E-state index contributed by atoms with van der Waals surface area (Å²) >= 11 is 8.45. The Kier molecular flexibility index (Phi) is 5.92. The number of hydrogen-bond donors (Lipinski definition) is 2. The van der Waals surface area contributed by atoms with Gasteiger partial charge in [0.2, 0.25) is 0 Å². The maximum Gasteiger partial charge on any atom is 0.105 e. The molecule has 1 aromatic rings. The van der Waals surface area contributed by atoms with Crippen molar-refractivity contribution in [1.82, 2.24) is 0 Å². The molecule has 94 valence electrons. The summed E-state index contributed by atoms with van der Waals surface area (Å²) in [6.07, 6.45) is 2.41. The maximum absolute atomic E-state index is 5.61. The molecule has 4 heteroatoms. The Hall–Kier alpha value is -0.610. The molecule has 0 amide bonds. The van der Waals surface area contributed by atoms with E-state index in [1.807, 2.05) is 18.2 Å². The van der Waals surface area contributed by atoms with E-state index in [-0.39, 0.29) is 0 Å². The molecule has 1 rings (SSSR count). The van der Waals surface area contributed by atoms with E-state index in [1.165, 1.54) is 12.8 Å². The highest BCUT2D eigenvalue weighted by Crippen LogP contribution is 2.22. The van der Waals surface area contributed by atoms with Crippen LogP contribution in [-0.2, 0) is 0 Å². The second kappa shape index (κ2) is 6.97. The Morgan fingerprint density at radius 3 is 2.53 bits per heavy atom. The SMILES string of the molecule is CCC(CC)CNc1ccc(C(N)=S)c(Br)c1. The number of halogens is 1. The van der Waals surface area contributed by atoms with Crippen molar-refractivity contribution in [3.63, 3.8) is 0 Å². The summed E-state index contributed by atoms with van der Waals surface area (Å²) in [6.45, 7) is 5.45. The van der Waals surface area contributed by atoms with Crippen LogP contribution >= 0.6 is 28.1 Å². The molecule has 17 heavy (non-hydrogen) atoms. The van der Waals surface area contributed by atoms with Gasteiger partial charge in [0.1, 0.15) is 4.99 Å². The number of rotatable bonds is 6. The van der Waals surface area contributed by atoms with Crippen LogP contribution in [0.3, 0.4) is 0 Å². The first-order valence-electron chi connectivity index (χ1n) is 5.91. The van der Waals surface area contributed by atoms with Crippen molar-refractivity contribution < 1.29 is 0 Å². The molecule has 1 aromatic carbocycles. The Labute approximate surface area is 117 Å².